The maximum Gasteiger partial charge on any atom is 0.357 e. The van der Waals surface area contributed by atoms with Gasteiger partial charge in [0, 0.05) is 12.1 Å². The minimum Gasteiger partial charge on any atom is -0.423 e. The number of nitrogens with one attached hydrogen (secondary N) is 2. The molecule has 3 rings (SSSR count). The Bertz CT molecular complexity index is 1440. The Morgan fingerprint density at radius 2 is 1.41 bits per heavy atom. The molecular formula is C19H11N5O10. The molecule has 34 heavy (non-hydrogen) atoms. The summed E-state index contributed by atoms with van der Waals surface area (Å²) in [5.74, 6) is -1.08. The molecule has 1 heterocycles. The van der Waals surface area contributed by atoms with Gasteiger partial charge in [0.15, 0.2) is 0 Å². The summed E-state index contributed by atoms with van der Waals surface area (Å²) in [5.41, 5.74) is -4.58. The largest absolute Gasteiger partial charge is 0.423 e. The molecule has 0 saturated heterocycles. The smallest absolute Gasteiger partial charge is 0.357 e. The van der Waals surface area contributed by atoms with E-state index in [9.17, 15) is 44.7 Å². The summed E-state index contributed by atoms with van der Waals surface area (Å²) in [5, 5.41) is 33.0. The zero-order valence-electron chi connectivity index (χ0n) is 16.6. The predicted octanol–water partition coefficient (Wildman–Crippen LogP) is 2.18. The first kappa shape index (κ1) is 23.2. The second-order valence-electron chi connectivity index (χ2n) is 6.47. The van der Waals surface area contributed by atoms with Gasteiger partial charge < -0.3 is 9.72 Å². The Kier molecular flexibility index (Phi) is 6.38. The molecule has 0 saturated carbocycles. The van der Waals surface area contributed by atoms with Crippen molar-refractivity contribution < 1.29 is 24.3 Å². The van der Waals surface area contributed by atoms with E-state index in [1.807, 2.05) is 0 Å². The quantitative estimate of drug-likeness (QED) is 0.222. The normalized spacial score (nSPS) is 10.7. The minimum atomic E-state index is -1.17. The van der Waals surface area contributed by atoms with Crippen LogP contribution in [0.5, 0.6) is 5.75 Å². The third kappa shape index (κ3) is 5.22. The molecule has 2 N–H and O–H groups in total. The highest BCUT2D eigenvalue weighted by Gasteiger charge is 2.21. The van der Waals surface area contributed by atoms with Crippen LogP contribution in [0.1, 0.15) is 21.6 Å². The second kappa shape index (κ2) is 9.35. The number of nitro benzene ring substituents is 2. The van der Waals surface area contributed by atoms with Gasteiger partial charge in [-0.2, -0.15) is 0 Å². The lowest BCUT2D eigenvalue weighted by Gasteiger charge is -2.05. The number of H-pyrrole nitrogens is 2. The number of benzene rings is 2. The number of aromatic nitrogens is 2. The van der Waals surface area contributed by atoms with Crippen molar-refractivity contribution >= 4 is 35.2 Å². The van der Waals surface area contributed by atoms with Gasteiger partial charge >= 0.3 is 22.9 Å². The third-order valence-electron chi connectivity index (χ3n) is 4.22. The Labute approximate surface area is 186 Å². The molecule has 3 aromatic rings. The summed E-state index contributed by atoms with van der Waals surface area (Å²) in [6.07, 6.45) is 2.48. The van der Waals surface area contributed by atoms with Crippen LogP contribution in [0.4, 0.5) is 17.1 Å². The maximum absolute atomic E-state index is 12.3. The zero-order valence-corrected chi connectivity index (χ0v) is 16.6. The highest BCUT2D eigenvalue weighted by atomic mass is 16.6. The van der Waals surface area contributed by atoms with Crippen molar-refractivity contribution in [2.75, 3.05) is 0 Å². The van der Waals surface area contributed by atoms with E-state index in [2.05, 4.69) is 4.98 Å². The molecule has 0 unspecified atom stereocenters. The van der Waals surface area contributed by atoms with Crippen LogP contribution in [0.25, 0.3) is 12.2 Å². The van der Waals surface area contributed by atoms with E-state index in [1.54, 1.807) is 4.98 Å². The number of nitro groups is 3. The molecule has 2 aromatic carbocycles. The molecule has 0 aliphatic heterocycles. The monoisotopic (exact) mass is 469 g/mol. The number of rotatable bonds is 7. The number of carbonyl (C=O) groups is 1. The first-order chi connectivity index (χ1) is 16.0. The van der Waals surface area contributed by atoms with Gasteiger partial charge in [-0.1, -0.05) is 18.2 Å². The fourth-order valence-corrected chi connectivity index (χ4v) is 2.72. The van der Waals surface area contributed by atoms with Crippen molar-refractivity contribution in [3.05, 3.63) is 110 Å². The number of hydrogen-bond acceptors (Lipinski definition) is 10. The molecule has 0 bridgehead atoms. The van der Waals surface area contributed by atoms with E-state index in [4.69, 9.17) is 4.74 Å². The van der Waals surface area contributed by atoms with Gasteiger partial charge in [0.25, 0.3) is 11.4 Å². The molecule has 0 radical (unpaired) electrons. The third-order valence-corrected chi connectivity index (χ3v) is 4.22. The topological polar surface area (TPSA) is 221 Å². The summed E-state index contributed by atoms with van der Waals surface area (Å²) < 4.78 is 5.08. The standard InChI is InChI=1S/C19H11N5O10/c25-17-16(24(32)33)15(20-19(27)21-17)6-3-10-1-4-14(5-2-10)34-18(26)11-7-12(22(28)29)9-13(8-11)23(30)31/h1-9H,(H2,20,21,25,27)/b6-3+. The van der Waals surface area contributed by atoms with Crippen LogP contribution in [-0.4, -0.2) is 30.7 Å². The molecule has 0 spiro atoms. The lowest BCUT2D eigenvalue weighted by molar-refractivity contribution is -0.394. The number of non-ortho nitro benzene ring substituents is 2. The number of ether oxygens (including phenoxy) is 1. The van der Waals surface area contributed by atoms with Gasteiger partial charge in [0.05, 0.1) is 26.4 Å². The molecule has 15 nitrogen and oxygen atoms in total. The van der Waals surface area contributed by atoms with Crippen molar-refractivity contribution in [3.63, 3.8) is 0 Å². The molecule has 0 aliphatic carbocycles. The Morgan fingerprint density at radius 1 is 0.824 bits per heavy atom. The molecular weight excluding hydrogens is 458 g/mol. The van der Waals surface area contributed by atoms with Crippen LogP contribution < -0.4 is 16.0 Å². The van der Waals surface area contributed by atoms with Crippen molar-refractivity contribution in [2.24, 2.45) is 0 Å². The van der Waals surface area contributed by atoms with Crippen LogP contribution in [0, 0.1) is 30.3 Å². The van der Waals surface area contributed by atoms with Crippen LogP contribution in [0.2, 0.25) is 0 Å². The van der Waals surface area contributed by atoms with Gasteiger partial charge in [0.1, 0.15) is 11.4 Å². The van der Waals surface area contributed by atoms with Gasteiger partial charge in [-0.25, -0.2) is 9.59 Å². The van der Waals surface area contributed by atoms with E-state index in [1.165, 1.54) is 30.3 Å². The predicted molar refractivity (Wildman–Crippen MR) is 114 cm³/mol. The second-order valence-corrected chi connectivity index (χ2v) is 6.47. The van der Waals surface area contributed by atoms with E-state index >= 15 is 0 Å². The van der Waals surface area contributed by atoms with E-state index in [0.717, 1.165) is 18.2 Å². The number of esters is 1. The van der Waals surface area contributed by atoms with Crippen molar-refractivity contribution in [1.29, 1.82) is 0 Å². The molecule has 172 valence electrons. The lowest BCUT2D eigenvalue weighted by Crippen LogP contribution is -2.25. The summed E-state index contributed by atoms with van der Waals surface area (Å²) in [7, 11) is 0. The Balaban J connectivity index is 1.81. The number of aromatic amines is 2. The summed E-state index contributed by atoms with van der Waals surface area (Å²) in [6.45, 7) is 0. The van der Waals surface area contributed by atoms with Crippen LogP contribution in [0.3, 0.4) is 0 Å². The number of carbonyl (C=O) groups excluding carboxylic acids is 1. The minimum absolute atomic E-state index is 0.00754. The van der Waals surface area contributed by atoms with Crippen molar-refractivity contribution in [2.45, 2.75) is 0 Å². The SMILES string of the molecule is O=C(Oc1ccc(/C=C/c2[nH]c(=O)[nH]c(=O)c2[N+](=O)[O-])cc1)c1cc([N+](=O)[O-])cc([N+](=O)[O-])c1. The fourth-order valence-electron chi connectivity index (χ4n) is 2.72. The summed E-state index contributed by atoms with van der Waals surface area (Å²) in [6, 6.07) is 7.86. The fraction of sp³-hybridized carbons (Fsp3) is 0. The Hall–Kier alpha value is -5.47. The first-order valence-electron chi connectivity index (χ1n) is 9.00. The zero-order chi connectivity index (χ0) is 25.0. The molecule has 0 atom stereocenters. The molecule has 0 aliphatic rings. The highest BCUT2D eigenvalue weighted by Crippen LogP contribution is 2.24. The van der Waals surface area contributed by atoms with Gasteiger partial charge in [-0.15, -0.1) is 0 Å². The summed E-state index contributed by atoms with van der Waals surface area (Å²) >= 11 is 0. The van der Waals surface area contributed by atoms with Crippen molar-refractivity contribution in [1.82, 2.24) is 9.97 Å². The Morgan fingerprint density at radius 3 is 1.94 bits per heavy atom. The average Bonchev–Trinajstić information content (AvgIpc) is 2.77. The van der Waals surface area contributed by atoms with Crippen LogP contribution >= 0.6 is 0 Å². The van der Waals surface area contributed by atoms with E-state index < -0.39 is 54.6 Å². The van der Waals surface area contributed by atoms with Crippen LogP contribution in [-0.2, 0) is 0 Å². The number of nitrogens with zero attached hydrogens (tertiary/aromatic N) is 3. The first-order valence-corrected chi connectivity index (χ1v) is 9.00. The molecule has 1 aromatic heterocycles. The van der Waals surface area contributed by atoms with Gasteiger partial charge in [-0.05, 0) is 23.8 Å². The van der Waals surface area contributed by atoms with Gasteiger partial charge in [-0.3, -0.25) is 40.1 Å². The van der Waals surface area contributed by atoms with E-state index in [-0.39, 0.29) is 11.4 Å². The molecule has 0 amide bonds. The summed E-state index contributed by atoms with van der Waals surface area (Å²) in [4.78, 5) is 69.5. The van der Waals surface area contributed by atoms with Crippen molar-refractivity contribution in [3.8, 4) is 5.75 Å². The molecule has 0 fully saturated rings. The lowest BCUT2D eigenvalue weighted by atomic mass is 10.1. The van der Waals surface area contributed by atoms with Crippen LogP contribution in [0.15, 0.2) is 52.1 Å². The number of hydrogen-bond donors (Lipinski definition) is 2. The van der Waals surface area contributed by atoms with E-state index in [0.29, 0.717) is 11.6 Å². The molecule has 15 heteroatoms. The highest BCUT2D eigenvalue weighted by molar-refractivity contribution is 5.92. The van der Waals surface area contributed by atoms with Gasteiger partial charge in [0.2, 0.25) is 0 Å². The average molecular weight is 469 g/mol. The maximum atomic E-state index is 12.3.